The van der Waals surface area contributed by atoms with Crippen LogP contribution < -0.4 is 4.74 Å². The minimum Gasteiger partial charge on any atom is -0.503 e. The fraction of sp³-hybridized carbons (Fsp3) is 0.259. The second-order valence-corrected chi connectivity index (χ2v) is 8.96. The van der Waals surface area contributed by atoms with E-state index in [-0.39, 0.29) is 17.9 Å². The van der Waals surface area contributed by atoms with Crippen molar-refractivity contribution in [3.05, 3.63) is 99.4 Å². The molecule has 170 valence electrons. The number of ketones is 1. The van der Waals surface area contributed by atoms with Crippen molar-refractivity contribution in [3.63, 3.8) is 0 Å². The molecule has 1 aliphatic heterocycles. The number of carbonyl (C=O) groups excluding carboxylic acids is 2. The van der Waals surface area contributed by atoms with Gasteiger partial charge in [0.1, 0.15) is 5.75 Å². The number of nitrogens with zero attached hydrogens (tertiary/aromatic N) is 1. The summed E-state index contributed by atoms with van der Waals surface area (Å²) in [6, 6.07) is 19.8. The van der Waals surface area contributed by atoms with Crippen molar-refractivity contribution in [1.82, 2.24) is 4.90 Å². The number of hydrogen-bond donors (Lipinski definition) is 1. The summed E-state index contributed by atoms with van der Waals surface area (Å²) in [5, 5.41) is 12.6. The highest BCUT2D eigenvalue weighted by atomic mass is 32.1. The summed E-state index contributed by atoms with van der Waals surface area (Å²) in [7, 11) is 0. The van der Waals surface area contributed by atoms with Crippen LogP contribution in [0.25, 0.3) is 0 Å². The molecule has 1 atom stereocenters. The summed E-state index contributed by atoms with van der Waals surface area (Å²) in [6.07, 6.45) is 3.25. The van der Waals surface area contributed by atoms with Gasteiger partial charge in [0.25, 0.3) is 5.91 Å². The molecule has 5 nitrogen and oxygen atoms in total. The van der Waals surface area contributed by atoms with Crippen molar-refractivity contribution in [3.8, 4) is 5.75 Å². The van der Waals surface area contributed by atoms with Gasteiger partial charge in [0, 0.05) is 6.54 Å². The van der Waals surface area contributed by atoms with Gasteiger partial charge < -0.3 is 14.7 Å². The predicted octanol–water partition coefficient (Wildman–Crippen LogP) is 6.10. The van der Waals surface area contributed by atoms with E-state index < -0.39 is 17.7 Å². The van der Waals surface area contributed by atoms with Gasteiger partial charge in [-0.2, -0.15) is 0 Å². The first-order valence-corrected chi connectivity index (χ1v) is 12.1. The number of amides is 1. The third-order valence-corrected chi connectivity index (χ3v) is 6.57. The van der Waals surface area contributed by atoms with Crippen molar-refractivity contribution in [2.24, 2.45) is 0 Å². The third-order valence-electron chi connectivity index (χ3n) is 5.70. The molecule has 0 saturated carbocycles. The first kappa shape index (κ1) is 22.8. The zero-order valence-corrected chi connectivity index (χ0v) is 19.4. The maximum atomic E-state index is 13.3. The summed E-state index contributed by atoms with van der Waals surface area (Å²) < 4.78 is 5.82. The Labute approximate surface area is 197 Å². The highest BCUT2D eigenvalue weighted by Gasteiger charge is 2.43. The van der Waals surface area contributed by atoms with Crippen LogP contribution in [-0.4, -0.2) is 28.3 Å². The van der Waals surface area contributed by atoms with E-state index in [1.807, 2.05) is 60.0 Å². The van der Waals surface area contributed by atoms with Crippen LogP contribution in [0, 0.1) is 0 Å². The average molecular weight is 462 g/mol. The number of unbranched alkanes of at least 4 members (excludes halogenated alkanes) is 2. The van der Waals surface area contributed by atoms with E-state index in [0.29, 0.717) is 11.5 Å². The Morgan fingerprint density at radius 2 is 1.79 bits per heavy atom. The number of aliphatic hydroxyl groups is 1. The van der Waals surface area contributed by atoms with Crippen LogP contribution in [0.2, 0.25) is 0 Å². The Hall–Kier alpha value is -3.38. The number of aliphatic hydroxyl groups excluding tert-OH is 1. The first-order valence-electron chi connectivity index (χ1n) is 11.2. The second-order valence-electron chi connectivity index (χ2n) is 8.01. The zero-order valence-electron chi connectivity index (χ0n) is 18.6. The molecule has 0 aliphatic carbocycles. The molecule has 6 heteroatoms. The molecule has 0 fully saturated rings. The minimum absolute atomic E-state index is 0.120. The van der Waals surface area contributed by atoms with Crippen LogP contribution in [0.15, 0.2) is 83.4 Å². The van der Waals surface area contributed by atoms with E-state index >= 15 is 0 Å². The summed E-state index contributed by atoms with van der Waals surface area (Å²) in [4.78, 5) is 28.4. The standard InChI is InChI=1S/C27H27NO4S/c1-2-3-7-16-32-21-14-12-20(13-15-21)24-23(25(29)22-11-8-17-33-22)26(30)27(31)28(24)18-19-9-5-4-6-10-19/h4-6,8-15,17,24,30H,2-3,7,16,18H2,1H3. The van der Waals surface area contributed by atoms with Gasteiger partial charge in [-0.3, -0.25) is 9.59 Å². The van der Waals surface area contributed by atoms with Crippen LogP contribution in [-0.2, 0) is 11.3 Å². The number of thiophene rings is 1. The molecule has 1 aromatic heterocycles. The van der Waals surface area contributed by atoms with Crippen LogP contribution in [0.5, 0.6) is 5.75 Å². The molecule has 1 unspecified atom stereocenters. The van der Waals surface area contributed by atoms with E-state index in [9.17, 15) is 14.7 Å². The molecule has 33 heavy (non-hydrogen) atoms. The van der Waals surface area contributed by atoms with Crippen molar-refractivity contribution >= 4 is 23.0 Å². The third kappa shape index (κ3) is 5.01. The lowest BCUT2D eigenvalue weighted by atomic mass is 9.95. The molecule has 1 amide bonds. The monoisotopic (exact) mass is 461 g/mol. The normalized spacial score (nSPS) is 15.8. The topological polar surface area (TPSA) is 66.8 Å². The lowest BCUT2D eigenvalue weighted by Crippen LogP contribution is -2.30. The Balaban J connectivity index is 1.66. The van der Waals surface area contributed by atoms with Gasteiger partial charge in [-0.1, -0.05) is 68.3 Å². The highest BCUT2D eigenvalue weighted by molar-refractivity contribution is 7.12. The molecule has 1 aliphatic rings. The van der Waals surface area contributed by atoms with Gasteiger partial charge in [-0.25, -0.2) is 0 Å². The van der Waals surface area contributed by atoms with Crippen LogP contribution in [0.1, 0.15) is 53.0 Å². The molecular formula is C27H27NO4S. The van der Waals surface area contributed by atoms with Crippen molar-refractivity contribution in [2.75, 3.05) is 6.61 Å². The van der Waals surface area contributed by atoms with Gasteiger partial charge in [-0.15, -0.1) is 11.3 Å². The Morgan fingerprint density at radius 3 is 2.45 bits per heavy atom. The zero-order chi connectivity index (χ0) is 23.2. The molecule has 0 spiro atoms. The molecule has 2 heterocycles. The quantitative estimate of drug-likeness (QED) is 0.293. The maximum absolute atomic E-state index is 13.3. The van der Waals surface area contributed by atoms with E-state index in [1.54, 1.807) is 17.0 Å². The van der Waals surface area contributed by atoms with Crippen LogP contribution >= 0.6 is 11.3 Å². The maximum Gasteiger partial charge on any atom is 0.290 e. The summed E-state index contributed by atoms with van der Waals surface area (Å²) >= 11 is 1.29. The molecule has 0 saturated heterocycles. The Bertz CT molecular complexity index is 1120. The SMILES string of the molecule is CCCCCOc1ccc(C2C(C(=O)c3cccs3)=C(O)C(=O)N2Cc2ccccc2)cc1. The Kier molecular flexibility index (Phi) is 7.25. The average Bonchev–Trinajstić information content (AvgIpc) is 3.46. The molecule has 0 radical (unpaired) electrons. The van der Waals surface area contributed by atoms with Crippen LogP contribution in [0.4, 0.5) is 0 Å². The number of hydrogen-bond acceptors (Lipinski definition) is 5. The van der Waals surface area contributed by atoms with Gasteiger partial charge in [0.2, 0.25) is 5.78 Å². The molecule has 4 rings (SSSR count). The van der Waals surface area contributed by atoms with Gasteiger partial charge in [0.05, 0.1) is 23.1 Å². The number of Topliss-reactive ketones (excluding diaryl/α,β-unsaturated/α-hetero) is 1. The molecule has 2 aromatic carbocycles. The fourth-order valence-electron chi connectivity index (χ4n) is 4.00. The smallest absolute Gasteiger partial charge is 0.290 e. The van der Waals surface area contributed by atoms with Gasteiger partial charge in [0.15, 0.2) is 5.76 Å². The number of rotatable bonds is 10. The highest BCUT2D eigenvalue weighted by Crippen LogP contribution is 2.40. The lowest BCUT2D eigenvalue weighted by Gasteiger charge is -2.27. The molecule has 3 aromatic rings. The first-order chi connectivity index (χ1) is 16.1. The van der Waals surface area contributed by atoms with E-state index in [1.165, 1.54) is 11.3 Å². The predicted molar refractivity (Wildman–Crippen MR) is 129 cm³/mol. The Morgan fingerprint density at radius 1 is 1.03 bits per heavy atom. The molecular weight excluding hydrogens is 434 g/mol. The van der Waals surface area contributed by atoms with Gasteiger partial charge >= 0.3 is 0 Å². The van der Waals surface area contributed by atoms with Crippen LogP contribution in [0.3, 0.4) is 0 Å². The minimum atomic E-state index is -0.679. The number of benzene rings is 2. The van der Waals surface area contributed by atoms with E-state index in [4.69, 9.17) is 4.74 Å². The lowest BCUT2D eigenvalue weighted by molar-refractivity contribution is -0.130. The number of carbonyl (C=O) groups is 2. The summed E-state index contributed by atoms with van der Waals surface area (Å²) in [5.41, 5.74) is 1.79. The van der Waals surface area contributed by atoms with Crippen molar-refractivity contribution < 1.29 is 19.4 Å². The van der Waals surface area contributed by atoms with Gasteiger partial charge in [-0.05, 0) is 41.1 Å². The van der Waals surface area contributed by atoms with Crippen molar-refractivity contribution in [2.45, 2.75) is 38.8 Å². The van der Waals surface area contributed by atoms with Crippen molar-refractivity contribution in [1.29, 1.82) is 0 Å². The molecule has 1 N–H and O–H groups in total. The summed E-state index contributed by atoms with van der Waals surface area (Å²) in [6.45, 7) is 3.08. The summed E-state index contributed by atoms with van der Waals surface area (Å²) in [5.74, 6) is -0.595. The second kappa shape index (κ2) is 10.5. The fourth-order valence-corrected chi connectivity index (χ4v) is 4.68. The largest absolute Gasteiger partial charge is 0.503 e. The number of ether oxygens (including phenoxy) is 1. The molecule has 0 bridgehead atoms. The van der Waals surface area contributed by atoms with E-state index in [0.717, 1.165) is 36.1 Å². The van der Waals surface area contributed by atoms with E-state index in [2.05, 4.69) is 6.92 Å².